The summed E-state index contributed by atoms with van der Waals surface area (Å²) >= 11 is 4.02. The third-order valence-corrected chi connectivity index (χ3v) is 7.54. The van der Waals surface area contributed by atoms with Gasteiger partial charge in [-0.05, 0) is 25.3 Å². The molecular formula is C14H13BrF2NO3PS. The molecule has 124 valence electrons. The lowest BCUT2D eigenvalue weighted by molar-refractivity contribution is 0.0392. The highest BCUT2D eigenvalue weighted by Crippen LogP contribution is 2.68. The highest BCUT2D eigenvalue weighted by atomic mass is 79.9. The molecule has 0 atom stereocenters. The molecule has 0 bridgehead atoms. The van der Waals surface area contributed by atoms with Crippen molar-refractivity contribution in [1.82, 2.24) is 0 Å². The summed E-state index contributed by atoms with van der Waals surface area (Å²) in [5, 5.41) is 0.531. The van der Waals surface area contributed by atoms with Gasteiger partial charge in [0.25, 0.3) is 0 Å². The molecule has 0 fully saturated rings. The van der Waals surface area contributed by atoms with Gasteiger partial charge in [0.15, 0.2) is 0 Å². The van der Waals surface area contributed by atoms with Crippen molar-refractivity contribution >= 4 is 50.6 Å². The Kier molecular flexibility index (Phi) is 5.59. The van der Waals surface area contributed by atoms with Crippen molar-refractivity contribution in [3.63, 3.8) is 0 Å². The average molecular weight is 424 g/mol. The fourth-order valence-corrected chi connectivity index (χ4v) is 5.51. The summed E-state index contributed by atoms with van der Waals surface area (Å²) in [6.45, 7) is 9.72. The van der Waals surface area contributed by atoms with E-state index in [4.69, 9.17) is 15.6 Å². The van der Waals surface area contributed by atoms with Crippen molar-refractivity contribution in [3.8, 4) is 0 Å². The first-order valence-electron chi connectivity index (χ1n) is 6.67. The number of halogens is 3. The van der Waals surface area contributed by atoms with Gasteiger partial charge in [0, 0.05) is 9.17 Å². The molecule has 0 saturated carbocycles. The van der Waals surface area contributed by atoms with E-state index >= 15 is 0 Å². The predicted molar refractivity (Wildman–Crippen MR) is 90.5 cm³/mol. The maximum absolute atomic E-state index is 14.8. The maximum Gasteiger partial charge on any atom is 0.405 e. The van der Waals surface area contributed by atoms with E-state index in [0.29, 0.717) is 20.2 Å². The van der Waals surface area contributed by atoms with Crippen LogP contribution in [-0.2, 0) is 19.3 Å². The van der Waals surface area contributed by atoms with E-state index < -0.39 is 18.1 Å². The van der Waals surface area contributed by atoms with Gasteiger partial charge in [-0.1, -0.05) is 28.1 Å². The molecule has 1 aromatic heterocycles. The first-order chi connectivity index (χ1) is 10.8. The van der Waals surface area contributed by atoms with Crippen LogP contribution in [0.2, 0.25) is 0 Å². The number of hydrogen-bond donors (Lipinski definition) is 0. The molecule has 0 amide bonds. The van der Waals surface area contributed by atoms with E-state index in [0.717, 1.165) is 11.3 Å². The molecule has 1 heterocycles. The summed E-state index contributed by atoms with van der Waals surface area (Å²) < 4.78 is 52.5. The van der Waals surface area contributed by atoms with Crippen molar-refractivity contribution in [2.75, 3.05) is 13.2 Å². The third kappa shape index (κ3) is 3.21. The normalized spacial score (nSPS) is 12.5. The van der Waals surface area contributed by atoms with E-state index in [1.165, 1.54) is 19.9 Å². The molecule has 23 heavy (non-hydrogen) atoms. The van der Waals surface area contributed by atoms with Gasteiger partial charge in [0.2, 0.25) is 5.69 Å². The molecule has 4 nitrogen and oxygen atoms in total. The van der Waals surface area contributed by atoms with Gasteiger partial charge in [0.1, 0.15) is 0 Å². The van der Waals surface area contributed by atoms with E-state index in [-0.39, 0.29) is 13.2 Å². The second-order valence-electron chi connectivity index (χ2n) is 4.41. The Bertz CT molecular complexity index is 808. The smallest absolute Gasteiger partial charge is 0.304 e. The molecule has 2 aromatic rings. The molecule has 2 rings (SSSR count). The molecule has 0 radical (unpaired) electrons. The predicted octanol–water partition coefficient (Wildman–Crippen LogP) is 6.53. The van der Waals surface area contributed by atoms with Crippen LogP contribution in [0.3, 0.4) is 0 Å². The Labute approximate surface area is 144 Å². The SMILES string of the molecule is [C-]#[N+]c1ccc2cc(C(F)(F)P(=O)(OCC)OCC)sc2c1Br. The molecule has 0 saturated heterocycles. The summed E-state index contributed by atoms with van der Waals surface area (Å²) in [7, 11) is -4.63. The van der Waals surface area contributed by atoms with Crippen LogP contribution in [0, 0.1) is 6.57 Å². The lowest BCUT2D eigenvalue weighted by Gasteiger charge is -2.24. The van der Waals surface area contributed by atoms with Crippen LogP contribution in [0.5, 0.6) is 0 Å². The van der Waals surface area contributed by atoms with Gasteiger partial charge in [-0.3, -0.25) is 4.57 Å². The molecule has 0 spiro atoms. The first kappa shape index (κ1) is 18.5. The molecule has 9 heteroatoms. The number of benzene rings is 1. The summed E-state index contributed by atoms with van der Waals surface area (Å²) in [6, 6.07) is 4.37. The average Bonchev–Trinajstić information content (AvgIpc) is 2.94. The quantitative estimate of drug-likeness (QED) is 0.391. The first-order valence-corrected chi connectivity index (χ1v) is 9.83. The van der Waals surface area contributed by atoms with Gasteiger partial charge < -0.3 is 9.05 Å². The molecule has 0 aliphatic rings. The molecule has 0 N–H and O–H groups in total. The van der Waals surface area contributed by atoms with Crippen molar-refractivity contribution in [2.24, 2.45) is 0 Å². The summed E-state index contributed by atoms with van der Waals surface area (Å²) in [5.74, 6) is 0. The Hall–Kier alpha value is -0.840. The zero-order valence-electron chi connectivity index (χ0n) is 12.3. The lowest BCUT2D eigenvalue weighted by Crippen LogP contribution is -2.16. The van der Waals surface area contributed by atoms with Crippen LogP contribution in [0.25, 0.3) is 14.9 Å². The number of thiophene rings is 1. The van der Waals surface area contributed by atoms with Crippen molar-refractivity contribution in [2.45, 2.75) is 19.5 Å². The third-order valence-electron chi connectivity index (χ3n) is 2.96. The second-order valence-corrected chi connectivity index (χ2v) is 8.33. The molecule has 0 aliphatic heterocycles. The lowest BCUT2D eigenvalue weighted by atomic mass is 10.2. The van der Waals surface area contributed by atoms with Crippen LogP contribution < -0.4 is 0 Å². The molecule has 0 aliphatic carbocycles. The minimum Gasteiger partial charge on any atom is -0.304 e. The van der Waals surface area contributed by atoms with Crippen LogP contribution >= 0.6 is 34.9 Å². The fourth-order valence-electron chi connectivity index (χ4n) is 1.97. The number of rotatable bonds is 6. The standard InChI is InChI=1S/C14H13BrF2NO3PS/c1-4-20-22(19,21-5-2)14(16,17)11-8-9-6-7-10(18-3)12(15)13(9)23-11/h6-8H,4-5H2,1-2H3. The van der Waals surface area contributed by atoms with Gasteiger partial charge in [0.05, 0.1) is 24.7 Å². The van der Waals surface area contributed by atoms with Crippen molar-refractivity contribution in [1.29, 1.82) is 0 Å². The Balaban J connectivity index is 2.60. The number of alkyl halides is 2. The van der Waals surface area contributed by atoms with Crippen LogP contribution in [0.4, 0.5) is 14.5 Å². The zero-order chi connectivity index (χ0) is 17.3. The molecule has 0 unspecified atom stereocenters. The van der Waals surface area contributed by atoms with Crippen molar-refractivity contribution < 1.29 is 22.4 Å². The van der Waals surface area contributed by atoms with Gasteiger partial charge in [-0.2, -0.15) is 8.78 Å². The second kappa shape index (κ2) is 6.96. The van der Waals surface area contributed by atoms with E-state index in [1.807, 2.05) is 0 Å². The van der Waals surface area contributed by atoms with Gasteiger partial charge in [-0.25, -0.2) is 4.85 Å². The highest BCUT2D eigenvalue weighted by molar-refractivity contribution is 9.10. The minimum atomic E-state index is -4.63. The number of hydrogen-bond acceptors (Lipinski definition) is 4. The Morgan fingerprint density at radius 3 is 2.48 bits per heavy atom. The van der Waals surface area contributed by atoms with Gasteiger partial charge >= 0.3 is 13.3 Å². The zero-order valence-corrected chi connectivity index (χ0v) is 15.6. The van der Waals surface area contributed by atoms with E-state index in [9.17, 15) is 13.3 Å². The number of nitrogens with zero attached hydrogens (tertiary/aromatic N) is 1. The van der Waals surface area contributed by atoms with Crippen LogP contribution in [0.1, 0.15) is 18.7 Å². The monoisotopic (exact) mass is 423 g/mol. The van der Waals surface area contributed by atoms with Crippen molar-refractivity contribution in [3.05, 3.63) is 39.0 Å². The van der Waals surface area contributed by atoms with E-state index in [1.54, 1.807) is 12.1 Å². The van der Waals surface area contributed by atoms with Crippen LogP contribution in [-0.4, -0.2) is 13.2 Å². The largest absolute Gasteiger partial charge is 0.405 e. The summed E-state index contributed by atoms with van der Waals surface area (Å²) in [5.41, 5.74) is -3.44. The van der Waals surface area contributed by atoms with E-state index in [2.05, 4.69) is 20.8 Å². The highest BCUT2D eigenvalue weighted by Gasteiger charge is 2.55. The van der Waals surface area contributed by atoms with Gasteiger partial charge in [-0.15, -0.1) is 11.3 Å². The van der Waals surface area contributed by atoms with Crippen LogP contribution in [0.15, 0.2) is 22.7 Å². The Morgan fingerprint density at radius 1 is 1.35 bits per heavy atom. The molecular weight excluding hydrogens is 411 g/mol. The summed E-state index contributed by atoms with van der Waals surface area (Å²) in [4.78, 5) is 2.90. The fraction of sp³-hybridized carbons (Fsp3) is 0.357. The summed E-state index contributed by atoms with van der Waals surface area (Å²) in [6.07, 6.45) is 0. The minimum absolute atomic E-state index is 0.149. The maximum atomic E-state index is 14.8. The topological polar surface area (TPSA) is 39.9 Å². The number of fused-ring (bicyclic) bond motifs is 1. The Morgan fingerprint density at radius 2 is 1.96 bits per heavy atom. The molecule has 1 aromatic carbocycles.